The average Bonchev–Trinajstić information content (AvgIpc) is 3.18. The molecule has 28 heavy (non-hydrogen) atoms. The largest absolute Gasteiger partial charge is 0.378 e. The highest BCUT2D eigenvalue weighted by molar-refractivity contribution is 5.95. The van der Waals surface area contributed by atoms with Crippen molar-refractivity contribution in [2.45, 2.75) is 13.0 Å². The van der Waals surface area contributed by atoms with E-state index in [4.69, 9.17) is 5.73 Å². The Kier molecular flexibility index (Phi) is 5.39. The summed E-state index contributed by atoms with van der Waals surface area (Å²) >= 11 is 0. The summed E-state index contributed by atoms with van der Waals surface area (Å²) in [7, 11) is 3.87. The van der Waals surface area contributed by atoms with Crippen molar-refractivity contribution >= 4 is 17.5 Å². The maximum atomic E-state index is 12.6. The first kappa shape index (κ1) is 19.1. The van der Waals surface area contributed by atoms with Crippen LogP contribution in [0.2, 0.25) is 0 Å². The molecule has 1 atom stereocenters. The number of hydrogen-bond donors (Lipinski definition) is 2. The lowest BCUT2D eigenvalue weighted by molar-refractivity contribution is 0.0938. The van der Waals surface area contributed by atoms with Crippen molar-refractivity contribution in [1.82, 2.24) is 20.3 Å². The van der Waals surface area contributed by atoms with Crippen molar-refractivity contribution in [2.24, 2.45) is 5.73 Å². The Morgan fingerprint density at radius 1 is 1.14 bits per heavy atom. The quantitative estimate of drug-likeness (QED) is 0.682. The molecule has 1 aromatic heterocycles. The van der Waals surface area contributed by atoms with Gasteiger partial charge in [-0.3, -0.25) is 9.59 Å². The summed E-state index contributed by atoms with van der Waals surface area (Å²) in [6.45, 7) is 1.92. The molecule has 0 radical (unpaired) electrons. The summed E-state index contributed by atoms with van der Waals surface area (Å²) in [6, 6.07) is 14.7. The Morgan fingerprint density at radius 2 is 1.86 bits per heavy atom. The minimum Gasteiger partial charge on any atom is -0.378 e. The van der Waals surface area contributed by atoms with Crippen LogP contribution in [0.4, 0.5) is 5.69 Å². The van der Waals surface area contributed by atoms with Crippen LogP contribution in [0, 0.1) is 0 Å². The molecular formula is C20H22N6O2. The summed E-state index contributed by atoms with van der Waals surface area (Å²) in [5.41, 5.74) is 8.54. The van der Waals surface area contributed by atoms with Gasteiger partial charge in [0.05, 0.1) is 17.9 Å². The van der Waals surface area contributed by atoms with Gasteiger partial charge in [0.15, 0.2) is 5.69 Å². The molecule has 3 aromatic rings. The van der Waals surface area contributed by atoms with Gasteiger partial charge in [-0.15, -0.1) is 5.10 Å². The molecule has 0 fully saturated rings. The van der Waals surface area contributed by atoms with E-state index in [1.54, 1.807) is 6.07 Å². The first-order chi connectivity index (χ1) is 13.3. The molecule has 2 amide bonds. The van der Waals surface area contributed by atoms with Crippen LogP contribution < -0.4 is 16.0 Å². The lowest BCUT2D eigenvalue weighted by Gasteiger charge is -2.17. The highest BCUT2D eigenvalue weighted by Gasteiger charge is 2.13. The Bertz CT molecular complexity index is 994. The van der Waals surface area contributed by atoms with Gasteiger partial charge in [0, 0.05) is 25.3 Å². The number of rotatable bonds is 6. The number of aromatic nitrogens is 3. The number of primary amides is 1. The summed E-state index contributed by atoms with van der Waals surface area (Å²) in [5.74, 6) is -0.764. The maximum absolute atomic E-state index is 12.6. The van der Waals surface area contributed by atoms with E-state index in [0.29, 0.717) is 5.56 Å². The lowest BCUT2D eigenvalue weighted by atomic mass is 10.1. The summed E-state index contributed by atoms with van der Waals surface area (Å²) < 4.78 is 1.47. The van der Waals surface area contributed by atoms with Crippen molar-refractivity contribution < 1.29 is 9.59 Å². The number of amides is 2. The topological polar surface area (TPSA) is 106 Å². The third kappa shape index (κ3) is 4.17. The number of benzene rings is 2. The van der Waals surface area contributed by atoms with E-state index in [-0.39, 0.29) is 17.6 Å². The van der Waals surface area contributed by atoms with E-state index >= 15 is 0 Å². The molecule has 1 heterocycles. The molecule has 8 heteroatoms. The van der Waals surface area contributed by atoms with Gasteiger partial charge in [0.2, 0.25) is 0 Å². The van der Waals surface area contributed by atoms with E-state index in [1.807, 2.05) is 68.4 Å². The van der Waals surface area contributed by atoms with Crippen LogP contribution in [0.5, 0.6) is 0 Å². The highest BCUT2D eigenvalue weighted by Crippen LogP contribution is 2.18. The van der Waals surface area contributed by atoms with E-state index in [9.17, 15) is 9.59 Å². The molecule has 0 saturated carbocycles. The molecule has 0 aliphatic rings. The molecule has 0 spiro atoms. The monoisotopic (exact) mass is 378 g/mol. The molecule has 0 saturated heterocycles. The van der Waals surface area contributed by atoms with Crippen LogP contribution in [0.15, 0.2) is 54.7 Å². The predicted molar refractivity (Wildman–Crippen MR) is 107 cm³/mol. The molecule has 0 aliphatic heterocycles. The molecule has 0 bridgehead atoms. The zero-order valence-electron chi connectivity index (χ0n) is 16.0. The van der Waals surface area contributed by atoms with Crippen LogP contribution in [0.1, 0.15) is 39.4 Å². The van der Waals surface area contributed by atoms with Crippen LogP contribution in [0.3, 0.4) is 0 Å². The van der Waals surface area contributed by atoms with Gasteiger partial charge in [-0.05, 0) is 42.8 Å². The lowest BCUT2D eigenvalue weighted by Crippen LogP contribution is -2.26. The van der Waals surface area contributed by atoms with Gasteiger partial charge in [0.25, 0.3) is 11.8 Å². The number of nitrogens with one attached hydrogen (secondary N) is 1. The minimum atomic E-state index is -0.627. The molecule has 2 aromatic carbocycles. The third-order valence-electron chi connectivity index (χ3n) is 4.38. The Morgan fingerprint density at radius 3 is 2.46 bits per heavy atom. The van der Waals surface area contributed by atoms with Gasteiger partial charge in [-0.2, -0.15) is 0 Å². The zero-order chi connectivity index (χ0) is 20.3. The van der Waals surface area contributed by atoms with Crippen LogP contribution in [0.25, 0.3) is 5.69 Å². The fraction of sp³-hybridized carbons (Fsp3) is 0.200. The summed E-state index contributed by atoms with van der Waals surface area (Å²) in [5, 5.41) is 10.6. The van der Waals surface area contributed by atoms with Gasteiger partial charge in [-0.1, -0.05) is 23.4 Å². The fourth-order valence-corrected chi connectivity index (χ4v) is 2.71. The molecular weight excluding hydrogens is 356 g/mol. The predicted octanol–water partition coefficient (Wildman–Crippen LogP) is 1.92. The molecule has 0 unspecified atom stereocenters. The molecule has 144 valence electrons. The Hall–Kier alpha value is -3.68. The van der Waals surface area contributed by atoms with E-state index in [2.05, 4.69) is 15.6 Å². The maximum Gasteiger partial charge on any atom is 0.270 e. The SMILES string of the molecule is C[C@H](NC(=O)c1cccc(N(C)C)c1)c1ccc(-n2cc(C(N)=O)nn2)cc1. The fourth-order valence-electron chi connectivity index (χ4n) is 2.71. The van der Waals surface area contributed by atoms with E-state index in [0.717, 1.165) is 16.9 Å². The van der Waals surface area contributed by atoms with Gasteiger partial charge < -0.3 is 16.0 Å². The molecule has 3 rings (SSSR count). The standard InChI is InChI=1S/C20H22N6O2/c1-13(22-20(28)15-5-4-6-17(11-15)25(2)3)14-7-9-16(10-8-14)26-12-18(19(21)27)23-24-26/h4-13H,1-3H3,(H2,21,27)(H,22,28)/t13-/m0/s1. The first-order valence-corrected chi connectivity index (χ1v) is 8.76. The van der Waals surface area contributed by atoms with E-state index < -0.39 is 5.91 Å². The minimum absolute atomic E-state index is 0.102. The molecule has 3 N–H and O–H groups in total. The zero-order valence-corrected chi connectivity index (χ0v) is 16.0. The highest BCUT2D eigenvalue weighted by atomic mass is 16.2. The van der Waals surface area contributed by atoms with Crippen molar-refractivity contribution in [3.8, 4) is 5.69 Å². The smallest absolute Gasteiger partial charge is 0.270 e. The van der Waals surface area contributed by atoms with Crippen molar-refractivity contribution in [3.63, 3.8) is 0 Å². The van der Waals surface area contributed by atoms with Crippen molar-refractivity contribution in [2.75, 3.05) is 19.0 Å². The molecule has 8 nitrogen and oxygen atoms in total. The number of hydrogen-bond acceptors (Lipinski definition) is 5. The third-order valence-corrected chi connectivity index (χ3v) is 4.38. The number of nitrogens with two attached hydrogens (primary N) is 1. The average molecular weight is 378 g/mol. The van der Waals surface area contributed by atoms with Crippen LogP contribution in [-0.2, 0) is 0 Å². The van der Waals surface area contributed by atoms with Crippen LogP contribution in [-0.4, -0.2) is 40.9 Å². The second-order valence-corrected chi connectivity index (χ2v) is 6.64. The van der Waals surface area contributed by atoms with Crippen molar-refractivity contribution in [3.05, 3.63) is 71.5 Å². The Labute approximate surface area is 163 Å². The summed E-state index contributed by atoms with van der Waals surface area (Å²) in [4.78, 5) is 25.6. The Balaban J connectivity index is 1.70. The second-order valence-electron chi connectivity index (χ2n) is 6.64. The number of nitrogens with zero attached hydrogens (tertiary/aromatic N) is 4. The van der Waals surface area contributed by atoms with Gasteiger partial charge in [0.1, 0.15) is 0 Å². The van der Waals surface area contributed by atoms with Crippen molar-refractivity contribution in [1.29, 1.82) is 0 Å². The van der Waals surface area contributed by atoms with E-state index in [1.165, 1.54) is 10.9 Å². The van der Waals surface area contributed by atoms with Gasteiger partial charge in [-0.25, -0.2) is 4.68 Å². The van der Waals surface area contributed by atoms with Crippen LogP contribution >= 0.6 is 0 Å². The number of anilines is 1. The second kappa shape index (κ2) is 7.91. The first-order valence-electron chi connectivity index (χ1n) is 8.76. The normalized spacial score (nSPS) is 11.7. The molecule has 0 aliphatic carbocycles. The summed E-state index contributed by atoms with van der Waals surface area (Å²) in [6.07, 6.45) is 1.47. The number of carbonyl (C=O) groups is 2. The number of carbonyl (C=O) groups excluding carboxylic acids is 2. The van der Waals surface area contributed by atoms with Gasteiger partial charge >= 0.3 is 0 Å².